The van der Waals surface area contributed by atoms with Crippen molar-refractivity contribution in [1.29, 1.82) is 0 Å². The number of carboxylic acids is 1. The molecule has 0 aliphatic heterocycles. The number of hydrogen-bond donors (Lipinski definition) is 1. The van der Waals surface area contributed by atoms with Gasteiger partial charge in [0.25, 0.3) is 0 Å². The Kier molecular flexibility index (Phi) is 2.30. The number of carbonyl (C=O) groups is 2. The summed E-state index contributed by atoms with van der Waals surface area (Å²) in [6.45, 7) is 1.72. The Bertz CT molecular complexity index is 421. The first-order valence-electron chi connectivity index (χ1n) is 4.78. The number of hydrogen-bond acceptors (Lipinski definition) is 4. The van der Waals surface area contributed by atoms with Gasteiger partial charge < -0.3 is 9.63 Å². The Morgan fingerprint density at radius 2 is 2.33 bits per heavy atom. The summed E-state index contributed by atoms with van der Waals surface area (Å²) >= 11 is 0. The molecule has 1 aliphatic rings. The van der Waals surface area contributed by atoms with Gasteiger partial charge in [-0.3, -0.25) is 9.59 Å². The summed E-state index contributed by atoms with van der Waals surface area (Å²) in [6.07, 6.45) is 0.778. The van der Waals surface area contributed by atoms with E-state index in [4.69, 9.17) is 9.63 Å². The predicted molar refractivity (Wildman–Crippen MR) is 49.6 cm³/mol. The molecule has 1 atom stereocenters. The number of aryl methyl sites for hydroxylation is 1. The number of nitrogens with zero attached hydrogens (tertiary/aromatic N) is 1. The van der Waals surface area contributed by atoms with Crippen molar-refractivity contribution in [2.75, 3.05) is 0 Å². The monoisotopic (exact) mass is 209 g/mol. The summed E-state index contributed by atoms with van der Waals surface area (Å²) < 4.78 is 5.01. The van der Waals surface area contributed by atoms with Gasteiger partial charge in [-0.1, -0.05) is 5.16 Å². The van der Waals surface area contributed by atoms with E-state index in [-0.39, 0.29) is 24.5 Å². The molecule has 0 spiro atoms. The van der Waals surface area contributed by atoms with Gasteiger partial charge in [-0.15, -0.1) is 0 Å². The maximum atomic E-state index is 11.7. The molecule has 1 aromatic heterocycles. The third-order valence-electron chi connectivity index (χ3n) is 2.62. The second kappa shape index (κ2) is 3.49. The van der Waals surface area contributed by atoms with Crippen molar-refractivity contribution in [3.05, 3.63) is 17.0 Å². The van der Waals surface area contributed by atoms with Crippen molar-refractivity contribution in [2.45, 2.75) is 26.2 Å². The third-order valence-corrected chi connectivity index (χ3v) is 2.62. The average Bonchev–Trinajstić information content (AvgIpc) is 2.46. The summed E-state index contributed by atoms with van der Waals surface area (Å²) in [7, 11) is 0. The van der Waals surface area contributed by atoms with Crippen molar-refractivity contribution in [1.82, 2.24) is 5.16 Å². The molecule has 2 rings (SSSR count). The first-order valence-corrected chi connectivity index (χ1v) is 4.78. The smallest absolute Gasteiger partial charge is 0.303 e. The molecular formula is C10H11NO4. The topological polar surface area (TPSA) is 80.4 Å². The summed E-state index contributed by atoms with van der Waals surface area (Å²) in [5.74, 6) is -0.557. The van der Waals surface area contributed by atoms with Crippen molar-refractivity contribution >= 4 is 11.8 Å². The molecule has 0 saturated heterocycles. The van der Waals surface area contributed by atoms with E-state index in [9.17, 15) is 9.59 Å². The van der Waals surface area contributed by atoms with E-state index in [1.54, 1.807) is 6.92 Å². The van der Waals surface area contributed by atoms with Crippen LogP contribution in [-0.4, -0.2) is 22.0 Å². The summed E-state index contributed by atoms with van der Waals surface area (Å²) in [5.41, 5.74) is 1.15. The molecule has 5 nitrogen and oxygen atoms in total. The fourth-order valence-corrected chi connectivity index (χ4v) is 2.00. The van der Waals surface area contributed by atoms with Crippen LogP contribution in [0.5, 0.6) is 0 Å². The highest BCUT2D eigenvalue weighted by Crippen LogP contribution is 2.29. The van der Waals surface area contributed by atoms with E-state index in [0.29, 0.717) is 23.4 Å². The van der Waals surface area contributed by atoms with Gasteiger partial charge in [-0.25, -0.2) is 0 Å². The van der Waals surface area contributed by atoms with Crippen LogP contribution in [0.1, 0.15) is 34.7 Å². The van der Waals surface area contributed by atoms with Gasteiger partial charge in [0.05, 0.1) is 11.3 Å². The van der Waals surface area contributed by atoms with Crippen LogP contribution in [0.15, 0.2) is 4.52 Å². The van der Waals surface area contributed by atoms with Crippen LogP contribution in [-0.2, 0) is 11.2 Å². The number of carbonyl (C=O) groups excluding carboxylic acids is 1. The second-order valence-electron chi connectivity index (χ2n) is 3.86. The Morgan fingerprint density at radius 1 is 1.60 bits per heavy atom. The van der Waals surface area contributed by atoms with E-state index in [1.807, 2.05) is 0 Å². The molecule has 0 bridgehead atoms. The van der Waals surface area contributed by atoms with Gasteiger partial charge in [0.2, 0.25) is 0 Å². The molecule has 1 unspecified atom stereocenters. The Balaban J connectivity index is 2.23. The highest BCUT2D eigenvalue weighted by Gasteiger charge is 2.31. The molecule has 0 saturated carbocycles. The zero-order chi connectivity index (χ0) is 11.0. The highest BCUT2D eigenvalue weighted by molar-refractivity contribution is 5.99. The number of aliphatic carboxylic acids is 1. The van der Waals surface area contributed by atoms with E-state index in [2.05, 4.69) is 5.16 Å². The lowest BCUT2D eigenvalue weighted by molar-refractivity contribution is -0.138. The zero-order valence-corrected chi connectivity index (χ0v) is 8.32. The molecule has 1 heterocycles. The highest BCUT2D eigenvalue weighted by atomic mass is 16.5. The number of rotatable bonds is 2. The fraction of sp³-hybridized carbons (Fsp3) is 0.500. The first kappa shape index (κ1) is 9.89. The quantitative estimate of drug-likeness (QED) is 0.791. The predicted octanol–water partition coefficient (Wildman–Crippen LogP) is 1.20. The van der Waals surface area contributed by atoms with Crippen LogP contribution in [0, 0.1) is 12.8 Å². The number of aromatic nitrogens is 1. The van der Waals surface area contributed by atoms with Crippen LogP contribution >= 0.6 is 0 Å². The van der Waals surface area contributed by atoms with Crippen LogP contribution < -0.4 is 0 Å². The lowest BCUT2D eigenvalue weighted by atomic mass is 9.84. The maximum absolute atomic E-state index is 11.7. The summed E-state index contributed by atoms with van der Waals surface area (Å²) in [6, 6.07) is 0. The van der Waals surface area contributed by atoms with Crippen molar-refractivity contribution < 1.29 is 19.2 Å². The van der Waals surface area contributed by atoms with E-state index >= 15 is 0 Å². The molecule has 0 amide bonds. The third kappa shape index (κ3) is 1.77. The number of ketones is 1. The Hall–Kier alpha value is -1.65. The van der Waals surface area contributed by atoms with Crippen LogP contribution in [0.4, 0.5) is 0 Å². The number of Topliss-reactive ketones (excluding diaryl/α,β-unsaturated/α-hetero) is 1. The van der Waals surface area contributed by atoms with Crippen LogP contribution in [0.3, 0.4) is 0 Å². The molecule has 0 aromatic carbocycles. The molecule has 1 aliphatic carbocycles. The van der Waals surface area contributed by atoms with Gasteiger partial charge in [-0.05, 0) is 12.8 Å². The SMILES string of the molecule is Cc1noc2c1C(=O)CC(CC(=O)O)C2. The fourth-order valence-electron chi connectivity index (χ4n) is 2.00. The molecule has 1 aromatic rings. The first-order chi connectivity index (χ1) is 7.08. The minimum Gasteiger partial charge on any atom is -0.481 e. The van der Waals surface area contributed by atoms with E-state index in [1.165, 1.54) is 0 Å². The normalized spacial score (nSPS) is 20.1. The zero-order valence-electron chi connectivity index (χ0n) is 8.32. The summed E-state index contributed by atoms with van der Waals surface area (Å²) in [4.78, 5) is 22.2. The van der Waals surface area contributed by atoms with Gasteiger partial charge in [-0.2, -0.15) is 0 Å². The van der Waals surface area contributed by atoms with Gasteiger partial charge in [0, 0.05) is 19.3 Å². The Morgan fingerprint density at radius 3 is 3.00 bits per heavy atom. The van der Waals surface area contributed by atoms with Gasteiger partial charge >= 0.3 is 5.97 Å². The molecule has 0 fully saturated rings. The molecule has 15 heavy (non-hydrogen) atoms. The lowest BCUT2D eigenvalue weighted by Crippen LogP contribution is -2.21. The molecule has 80 valence electrons. The van der Waals surface area contributed by atoms with Crippen LogP contribution in [0.25, 0.3) is 0 Å². The molecule has 5 heteroatoms. The average molecular weight is 209 g/mol. The van der Waals surface area contributed by atoms with Crippen molar-refractivity contribution in [2.24, 2.45) is 5.92 Å². The van der Waals surface area contributed by atoms with E-state index < -0.39 is 5.97 Å². The van der Waals surface area contributed by atoms with Crippen molar-refractivity contribution in [3.63, 3.8) is 0 Å². The second-order valence-corrected chi connectivity index (χ2v) is 3.86. The standard InChI is InChI=1S/C10H11NO4/c1-5-10-7(12)2-6(4-9(13)14)3-8(10)15-11-5/h6H,2-4H2,1H3,(H,13,14). The van der Waals surface area contributed by atoms with Gasteiger partial charge in [0.1, 0.15) is 5.76 Å². The summed E-state index contributed by atoms with van der Waals surface area (Å²) in [5, 5.41) is 12.4. The van der Waals surface area contributed by atoms with Gasteiger partial charge in [0.15, 0.2) is 5.78 Å². The minimum atomic E-state index is -0.882. The largest absolute Gasteiger partial charge is 0.481 e. The van der Waals surface area contributed by atoms with Crippen molar-refractivity contribution in [3.8, 4) is 0 Å². The lowest BCUT2D eigenvalue weighted by Gasteiger charge is -2.17. The minimum absolute atomic E-state index is 0.00489. The molecule has 1 N–H and O–H groups in total. The van der Waals surface area contributed by atoms with E-state index in [0.717, 1.165) is 0 Å². The molecular weight excluding hydrogens is 198 g/mol. The number of fused-ring (bicyclic) bond motifs is 1. The molecule has 0 radical (unpaired) electrons. The number of carboxylic acid groups (broad SMARTS) is 1. The van der Waals surface area contributed by atoms with Crippen LogP contribution in [0.2, 0.25) is 0 Å². The maximum Gasteiger partial charge on any atom is 0.303 e. The Labute approximate surface area is 86.1 Å².